The van der Waals surface area contributed by atoms with Crippen molar-refractivity contribution >= 4 is 17.7 Å². The van der Waals surface area contributed by atoms with Gasteiger partial charge in [0.05, 0.1) is 12.3 Å². The van der Waals surface area contributed by atoms with Crippen LogP contribution >= 0.6 is 0 Å². The van der Waals surface area contributed by atoms with E-state index in [4.69, 9.17) is 9.47 Å². The first kappa shape index (κ1) is 19.4. The van der Waals surface area contributed by atoms with Crippen LogP contribution in [0.15, 0.2) is 42.6 Å². The summed E-state index contributed by atoms with van der Waals surface area (Å²) in [6, 6.07) is 11.6. The summed E-state index contributed by atoms with van der Waals surface area (Å²) in [7, 11) is 0. The molecule has 6 nitrogen and oxygen atoms in total. The second-order valence-electron chi connectivity index (χ2n) is 6.75. The molecule has 6 heteroatoms. The van der Waals surface area contributed by atoms with Crippen molar-refractivity contribution < 1.29 is 19.1 Å². The summed E-state index contributed by atoms with van der Waals surface area (Å²) in [5, 5.41) is 2.61. The average molecular weight is 356 g/mol. The predicted octanol–water partition coefficient (Wildman–Crippen LogP) is 4.20. The molecule has 0 bridgehead atoms. The lowest BCUT2D eigenvalue weighted by Crippen LogP contribution is -2.28. The number of aromatic nitrogens is 1. The van der Waals surface area contributed by atoms with Crippen LogP contribution in [0.1, 0.15) is 49.3 Å². The summed E-state index contributed by atoms with van der Waals surface area (Å²) in [6.45, 7) is 7.23. The predicted molar refractivity (Wildman–Crippen MR) is 99.3 cm³/mol. The molecule has 0 aliphatic heterocycles. The van der Waals surface area contributed by atoms with Crippen LogP contribution in [0.3, 0.4) is 0 Å². The Kier molecular flexibility index (Phi) is 6.33. The van der Waals surface area contributed by atoms with Gasteiger partial charge in [-0.3, -0.25) is 5.32 Å². The zero-order valence-electron chi connectivity index (χ0n) is 15.5. The Balaban J connectivity index is 2.28. The summed E-state index contributed by atoms with van der Waals surface area (Å²) in [5.41, 5.74) is 1.63. The molecular weight excluding hydrogens is 332 g/mol. The Morgan fingerprint density at radius 3 is 2.42 bits per heavy atom. The van der Waals surface area contributed by atoms with Crippen molar-refractivity contribution in [2.45, 2.75) is 39.7 Å². The molecule has 0 saturated heterocycles. The number of benzene rings is 1. The molecule has 1 aromatic carbocycles. The zero-order valence-corrected chi connectivity index (χ0v) is 15.5. The first-order chi connectivity index (χ1) is 12.3. The Labute approximate surface area is 153 Å². The lowest BCUT2D eigenvalue weighted by atomic mass is 10.1. The van der Waals surface area contributed by atoms with Crippen molar-refractivity contribution in [3.8, 4) is 0 Å². The fraction of sp³-hybridized carbons (Fsp3) is 0.350. The van der Waals surface area contributed by atoms with Gasteiger partial charge in [-0.1, -0.05) is 30.3 Å². The molecule has 0 saturated carbocycles. The van der Waals surface area contributed by atoms with Crippen molar-refractivity contribution in [1.82, 2.24) is 4.98 Å². The van der Waals surface area contributed by atoms with Gasteiger partial charge in [0, 0.05) is 6.20 Å². The lowest BCUT2D eigenvalue weighted by Gasteiger charge is -2.20. The number of anilines is 1. The molecule has 0 aliphatic carbocycles. The molecule has 0 atom stereocenters. The van der Waals surface area contributed by atoms with Gasteiger partial charge in [0.25, 0.3) is 0 Å². The minimum atomic E-state index is -0.651. The van der Waals surface area contributed by atoms with E-state index in [0.29, 0.717) is 6.42 Å². The molecule has 1 heterocycles. The SMILES string of the molecule is CCOC(=O)c1ncc(Cc2ccccc2)cc1NC(=O)OC(C)(C)C. The van der Waals surface area contributed by atoms with E-state index < -0.39 is 17.7 Å². The topological polar surface area (TPSA) is 77.5 Å². The summed E-state index contributed by atoms with van der Waals surface area (Å²) >= 11 is 0. The van der Waals surface area contributed by atoms with Crippen LogP contribution < -0.4 is 5.32 Å². The van der Waals surface area contributed by atoms with Crippen LogP contribution in [0.25, 0.3) is 0 Å². The van der Waals surface area contributed by atoms with Crippen molar-refractivity contribution in [2.24, 2.45) is 0 Å². The van der Waals surface area contributed by atoms with Gasteiger partial charge in [0.1, 0.15) is 5.60 Å². The summed E-state index contributed by atoms with van der Waals surface area (Å²) in [5.74, 6) is -0.593. The van der Waals surface area contributed by atoms with Crippen LogP contribution in [0, 0.1) is 0 Å². The first-order valence-corrected chi connectivity index (χ1v) is 8.48. The van der Waals surface area contributed by atoms with Crippen molar-refractivity contribution in [2.75, 3.05) is 11.9 Å². The van der Waals surface area contributed by atoms with E-state index in [1.165, 1.54) is 0 Å². The second-order valence-corrected chi connectivity index (χ2v) is 6.75. The number of esters is 1. The molecule has 1 N–H and O–H groups in total. The monoisotopic (exact) mass is 356 g/mol. The fourth-order valence-corrected chi connectivity index (χ4v) is 2.31. The number of hydrogen-bond donors (Lipinski definition) is 1. The van der Waals surface area contributed by atoms with Gasteiger partial charge in [-0.25, -0.2) is 14.6 Å². The maximum atomic E-state index is 12.1. The third-order valence-electron chi connectivity index (χ3n) is 3.30. The summed E-state index contributed by atoms with van der Waals surface area (Å²) in [4.78, 5) is 28.4. The van der Waals surface area contributed by atoms with Gasteiger partial charge in [-0.2, -0.15) is 0 Å². The third-order valence-corrected chi connectivity index (χ3v) is 3.30. The normalized spacial score (nSPS) is 10.9. The van der Waals surface area contributed by atoms with E-state index in [1.54, 1.807) is 40.0 Å². The summed E-state index contributed by atoms with van der Waals surface area (Å²) in [6.07, 6.45) is 1.58. The Morgan fingerprint density at radius 1 is 1.12 bits per heavy atom. The molecule has 1 aromatic heterocycles. The molecule has 26 heavy (non-hydrogen) atoms. The van der Waals surface area contributed by atoms with Gasteiger partial charge in [0.2, 0.25) is 0 Å². The fourth-order valence-electron chi connectivity index (χ4n) is 2.31. The molecule has 1 amide bonds. The van der Waals surface area contributed by atoms with Gasteiger partial charge < -0.3 is 9.47 Å². The van der Waals surface area contributed by atoms with E-state index in [2.05, 4.69) is 10.3 Å². The quantitative estimate of drug-likeness (QED) is 0.813. The van der Waals surface area contributed by atoms with E-state index in [9.17, 15) is 9.59 Å². The maximum Gasteiger partial charge on any atom is 0.412 e. The largest absolute Gasteiger partial charge is 0.461 e. The number of hydrogen-bond acceptors (Lipinski definition) is 5. The Hall–Kier alpha value is -2.89. The van der Waals surface area contributed by atoms with Crippen molar-refractivity contribution in [3.63, 3.8) is 0 Å². The lowest BCUT2D eigenvalue weighted by molar-refractivity contribution is 0.0521. The Morgan fingerprint density at radius 2 is 1.81 bits per heavy atom. The third kappa shape index (κ3) is 5.88. The standard InChI is InChI=1S/C20H24N2O4/c1-5-25-18(23)17-16(22-19(24)26-20(2,3)4)12-15(13-21-17)11-14-9-7-6-8-10-14/h6-10,12-13H,5,11H2,1-4H3,(H,22,24). The van der Waals surface area contributed by atoms with Crippen LogP contribution in [0.5, 0.6) is 0 Å². The highest BCUT2D eigenvalue weighted by molar-refractivity contribution is 5.98. The first-order valence-electron chi connectivity index (χ1n) is 8.48. The van der Waals surface area contributed by atoms with Crippen molar-refractivity contribution in [3.05, 3.63) is 59.4 Å². The van der Waals surface area contributed by atoms with Crippen LogP contribution in [0.4, 0.5) is 10.5 Å². The van der Waals surface area contributed by atoms with Gasteiger partial charge in [-0.05, 0) is 51.3 Å². The molecule has 0 radical (unpaired) electrons. The number of pyridine rings is 1. The van der Waals surface area contributed by atoms with Gasteiger partial charge in [0.15, 0.2) is 5.69 Å². The number of carbonyl (C=O) groups is 2. The van der Waals surface area contributed by atoms with E-state index in [-0.39, 0.29) is 18.0 Å². The highest BCUT2D eigenvalue weighted by atomic mass is 16.6. The molecule has 0 unspecified atom stereocenters. The number of ether oxygens (including phenoxy) is 2. The number of amides is 1. The molecule has 0 aliphatic rings. The number of rotatable bonds is 5. The highest BCUT2D eigenvalue weighted by Gasteiger charge is 2.21. The maximum absolute atomic E-state index is 12.1. The molecule has 0 fully saturated rings. The smallest absolute Gasteiger partial charge is 0.412 e. The molecular formula is C20H24N2O4. The summed E-state index contributed by atoms with van der Waals surface area (Å²) < 4.78 is 10.3. The Bertz CT molecular complexity index is 767. The minimum absolute atomic E-state index is 0.0505. The van der Waals surface area contributed by atoms with E-state index in [1.807, 2.05) is 30.3 Å². The number of nitrogens with zero attached hydrogens (tertiary/aromatic N) is 1. The number of nitrogens with one attached hydrogen (secondary N) is 1. The molecule has 0 spiro atoms. The van der Waals surface area contributed by atoms with Crippen LogP contribution in [-0.4, -0.2) is 29.3 Å². The second kappa shape index (κ2) is 8.47. The number of carbonyl (C=O) groups excluding carboxylic acids is 2. The van der Waals surface area contributed by atoms with E-state index >= 15 is 0 Å². The molecule has 2 rings (SSSR count). The molecule has 2 aromatic rings. The van der Waals surface area contributed by atoms with Crippen LogP contribution in [-0.2, 0) is 15.9 Å². The van der Waals surface area contributed by atoms with Gasteiger partial charge in [-0.15, -0.1) is 0 Å². The van der Waals surface area contributed by atoms with E-state index in [0.717, 1.165) is 11.1 Å². The van der Waals surface area contributed by atoms with Crippen molar-refractivity contribution in [1.29, 1.82) is 0 Å². The zero-order chi connectivity index (χ0) is 19.2. The van der Waals surface area contributed by atoms with Crippen LogP contribution in [0.2, 0.25) is 0 Å². The highest BCUT2D eigenvalue weighted by Crippen LogP contribution is 2.20. The van der Waals surface area contributed by atoms with Gasteiger partial charge >= 0.3 is 12.1 Å². The minimum Gasteiger partial charge on any atom is -0.461 e. The molecule has 138 valence electrons. The average Bonchev–Trinajstić information content (AvgIpc) is 2.54.